The summed E-state index contributed by atoms with van der Waals surface area (Å²) < 4.78 is 0. The van der Waals surface area contributed by atoms with Crippen LogP contribution in [0.3, 0.4) is 0 Å². The van der Waals surface area contributed by atoms with E-state index >= 15 is 0 Å². The Morgan fingerprint density at radius 2 is 0.495 bits per heavy atom. The van der Waals surface area contributed by atoms with E-state index in [2.05, 4.69) is 260 Å². The number of pyridine rings is 5. The molecule has 473 valence electrons. The van der Waals surface area contributed by atoms with Crippen molar-refractivity contribution in [2.75, 3.05) is 0 Å². The first-order chi connectivity index (χ1) is 43.5. The largest absolute Gasteiger partial charge is 0.305 e. The number of aromatic nitrogens is 5. The van der Waals surface area contributed by atoms with Gasteiger partial charge in [0, 0.05) is 91.3 Å². The van der Waals surface area contributed by atoms with Gasteiger partial charge in [0.25, 0.3) is 0 Å². The second kappa shape index (κ2) is 36.5. The Bertz CT molecular complexity index is 3760. The van der Waals surface area contributed by atoms with Crippen molar-refractivity contribution < 1.29 is 60.3 Å². The standard InChI is InChI=1S/3C20H20NSi.2C11H8N.3Ir/c3*1-22(2,3)19-12-13-20(21-15-19)18-11-7-10-17(14-18)16-8-5-4-6-9-16;2*1-2-6-10(7-3-1)11-8-4-5-9-12-11;;;/h3*4-10,12-15H,1-3H3;2*1-6,8-9H;;;/q5*-1;;;. The normalized spacial score (nSPS) is 10.6. The van der Waals surface area contributed by atoms with Crippen LogP contribution in [0.25, 0.3) is 89.7 Å². The summed E-state index contributed by atoms with van der Waals surface area (Å²) in [5.74, 6) is 0. The third-order valence-electron chi connectivity index (χ3n) is 14.7. The summed E-state index contributed by atoms with van der Waals surface area (Å²) in [5, 5.41) is 4.15. The minimum atomic E-state index is -1.29. The summed E-state index contributed by atoms with van der Waals surface area (Å²) in [7, 11) is -3.88. The van der Waals surface area contributed by atoms with Crippen LogP contribution in [-0.2, 0) is 60.3 Å². The molecule has 0 unspecified atom stereocenters. The average Bonchev–Trinajstić information content (AvgIpc) is 0.944. The van der Waals surface area contributed by atoms with Gasteiger partial charge in [0.05, 0.1) is 24.2 Å². The number of benzene rings is 8. The zero-order chi connectivity index (χ0) is 63.2. The van der Waals surface area contributed by atoms with Crippen molar-refractivity contribution in [3.05, 3.63) is 328 Å². The van der Waals surface area contributed by atoms with Crippen molar-refractivity contribution in [3.63, 3.8) is 0 Å². The average molecular weight is 1790 g/mol. The van der Waals surface area contributed by atoms with Gasteiger partial charge < -0.3 is 24.9 Å². The fraction of sp³-hybridized carbons (Fsp3) is 0.110. The summed E-state index contributed by atoms with van der Waals surface area (Å²) in [6.07, 6.45) is 9.67. The van der Waals surface area contributed by atoms with Crippen molar-refractivity contribution >= 4 is 39.8 Å². The van der Waals surface area contributed by atoms with Crippen molar-refractivity contribution in [3.8, 4) is 89.7 Å². The van der Waals surface area contributed by atoms with Gasteiger partial charge in [-0.3, -0.25) is 0 Å². The van der Waals surface area contributed by atoms with Gasteiger partial charge in [-0.15, -0.1) is 178 Å². The van der Waals surface area contributed by atoms with Gasteiger partial charge in [0.2, 0.25) is 0 Å². The Hall–Kier alpha value is -7.89. The van der Waals surface area contributed by atoms with Gasteiger partial charge >= 0.3 is 0 Å². The molecule has 0 saturated carbocycles. The first kappa shape index (κ1) is 74.2. The second-order valence-corrected chi connectivity index (χ2v) is 39.8. The molecule has 3 radical (unpaired) electrons. The van der Waals surface area contributed by atoms with Gasteiger partial charge in [-0.1, -0.05) is 211 Å². The van der Waals surface area contributed by atoms with E-state index in [9.17, 15) is 0 Å². The van der Waals surface area contributed by atoms with Gasteiger partial charge in [-0.25, -0.2) is 0 Å². The molecule has 0 N–H and O–H groups in total. The first-order valence-electron chi connectivity index (χ1n) is 30.4. The predicted molar refractivity (Wildman–Crippen MR) is 388 cm³/mol. The third kappa shape index (κ3) is 22.7. The van der Waals surface area contributed by atoms with Crippen LogP contribution in [0.5, 0.6) is 0 Å². The van der Waals surface area contributed by atoms with E-state index in [1.807, 2.05) is 140 Å². The van der Waals surface area contributed by atoms with E-state index in [4.69, 9.17) is 0 Å². The third-order valence-corrected chi connectivity index (χ3v) is 20.8. The van der Waals surface area contributed by atoms with E-state index in [1.165, 1.54) is 48.9 Å². The molecule has 0 atom stereocenters. The second-order valence-electron chi connectivity index (χ2n) is 24.6. The molecule has 0 spiro atoms. The van der Waals surface area contributed by atoms with E-state index in [0.717, 1.165) is 56.3 Å². The Labute approximate surface area is 596 Å². The molecule has 93 heavy (non-hydrogen) atoms. The van der Waals surface area contributed by atoms with Gasteiger partial charge in [0.15, 0.2) is 0 Å². The van der Waals surface area contributed by atoms with Gasteiger partial charge in [-0.05, 0) is 72.9 Å². The summed E-state index contributed by atoms with van der Waals surface area (Å²) >= 11 is 0. The molecule has 0 saturated heterocycles. The van der Waals surface area contributed by atoms with Crippen LogP contribution in [0.2, 0.25) is 58.9 Å². The molecule has 5 heterocycles. The predicted octanol–water partition coefficient (Wildman–Crippen LogP) is 19.4. The van der Waals surface area contributed by atoms with Gasteiger partial charge in [-0.2, -0.15) is 0 Å². The SMILES string of the molecule is C[Si](C)(C)c1ccc(-c2[c-]ccc(-c3ccccc3)c2)nc1.C[Si](C)(C)c1ccc(-c2[c-]ccc(-c3ccccc3)c2)nc1.C[Si](C)(C)c1ccc(-c2[c-]ccc(-c3ccccc3)c2)nc1.[Ir].[Ir].[Ir].[c-]1ccccc1-c1ccccn1.[c-]1ccccc1-c1ccccn1. The van der Waals surface area contributed by atoms with Crippen molar-refractivity contribution in [2.45, 2.75) is 58.9 Å². The summed E-state index contributed by atoms with van der Waals surface area (Å²) in [6.45, 7) is 21.1. The van der Waals surface area contributed by atoms with Crippen molar-refractivity contribution in [1.82, 2.24) is 24.9 Å². The molecular weight excluding hydrogens is 1720 g/mol. The number of rotatable bonds is 11. The maximum absolute atomic E-state index is 4.65. The Morgan fingerprint density at radius 3 is 0.731 bits per heavy atom. The zero-order valence-electron chi connectivity index (χ0n) is 54.0. The molecule has 13 rings (SSSR count). The molecule has 5 nitrogen and oxygen atoms in total. The molecule has 5 aromatic heterocycles. The molecule has 0 bridgehead atoms. The van der Waals surface area contributed by atoms with Crippen LogP contribution in [0, 0.1) is 30.3 Å². The molecule has 11 heteroatoms. The molecule has 0 fully saturated rings. The maximum Gasteiger partial charge on any atom is 0.0795 e. The van der Waals surface area contributed by atoms with E-state index in [0.29, 0.717) is 0 Å². The fourth-order valence-electron chi connectivity index (χ4n) is 9.41. The Morgan fingerprint density at radius 1 is 0.226 bits per heavy atom. The molecule has 8 aromatic carbocycles. The topological polar surface area (TPSA) is 64.5 Å². The first-order valence-corrected chi connectivity index (χ1v) is 40.9. The summed E-state index contributed by atoms with van der Waals surface area (Å²) in [6, 6.07) is 106. The summed E-state index contributed by atoms with van der Waals surface area (Å²) in [5.41, 5.74) is 17.4. The maximum atomic E-state index is 4.65. The molecular formula is C82H76Ir3N5Si3-5. The molecule has 13 aromatic rings. The number of hydrogen-bond donors (Lipinski definition) is 0. The molecule has 0 aliphatic rings. The quantitative estimate of drug-likeness (QED) is 0.0954. The Balaban J connectivity index is 0.000000187. The monoisotopic (exact) mass is 1790 g/mol. The molecule has 0 amide bonds. The van der Waals surface area contributed by atoms with Crippen molar-refractivity contribution in [2.24, 2.45) is 0 Å². The Kier molecular flexibility index (Phi) is 29.1. The number of nitrogens with zero attached hydrogens (tertiary/aromatic N) is 5. The van der Waals surface area contributed by atoms with Crippen LogP contribution >= 0.6 is 0 Å². The minimum absolute atomic E-state index is 0. The zero-order valence-corrected chi connectivity index (χ0v) is 64.2. The summed E-state index contributed by atoms with van der Waals surface area (Å²) in [4.78, 5) is 22.4. The smallest absolute Gasteiger partial charge is 0.0795 e. The van der Waals surface area contributed by atoms with Crippen LogP contribution in [-0.4, -0.2) is 49.1 Å². The molecule has 0 aliphatic heterocycles. The van der Waals surface area contributed by atoms with Crippen molar-refractivity contribution in [1.29, 1.82) is 0 Å². The van der Waals surface area contributed by atoms with E-state index in [1.54, 1.807) is 12.4 Å². The van der Waals surface area contributed by atoms with Crippen LogP contribution in [0.4, 0.5) is 0 Å². The van der Waals surface area contributed by atoms with Crippen LogP contribution in [0.1, 0.15) is 0 Å². The van der Waals surface area contributed by atoms with Crippen LogP contribution in [0.15, 0.2) is 298 Å². The fourth-order valence-corrected chi connectivity index (χ4v) is 12.5. The van der Waals surface area contributed by atoms with E-state index in [-0.39, 0.29) is 60.3 Å². The molecule has 0 aliphatic carbocycles. The minimum Gasteiger partial charge on any atom is -0.305 e. The van der Waals surface area contributed by atoms with Crippen LogP contribution < -0.4 is 15.6 Å². The van der Waals surface area contributed by atoms with E-state index < -0.39 is 24.2 Å². The van der Waals surface area contributed by atoms with Gasteiger partial charge in [0.1, 0.15) is 0 Å². The number of hydrogen-bond acceptors (Lipinski definition) is 5.